The molecule has 1 aromatic carbocycles. The maximum atomic E-state index is 12.3. The fraction of sp³-hybridized carbons (Fsp3) is 0.600. The molecule has 0 heterocycles. The highest BCUT2D eigenvalue weighted by atomic mass is 16.6. The summed E-state index contributed by atoms with van der Waals surface area (Å²) in [4.78, 5) is 24.5. The summed E-state index contributed by atoms with van der Waals surface area (Å²) >= 11 is 0. The normalized spacial score (nSPS) is 11.0. The molecule has 29 heavy (non-hydrogen) atoms. The maximum absolute atomic E-state index is 12.3. The quantitative estimate of drug-likeness (QED) is 0.151. The molecule has 4 nitrogen and oxygen atoms in total. The summed E-state index contributed by atoms with van der Waals surface area (Å²) < 4.78 is 11.0. The van der Waals surface area contributed by atoms with Gasteiger partial charge in [0.2, 0.25) is 0 Å². The standard InChI is InChI=1S/C25H38O4/c1-6-11-21-16-17-22(28-24(26)14-9-7-12-19(2)3)23(18-21)29-25(27)15-10-8-13-20(4)5/h6,16-20H,1,7-15H2,2-5H3. The number of carbonyl (C=O) groups excluding carboxylic acids is 2. The van der Waals surface area contributed by atoms with Crippen LogP contribution >= 0.6 is 0 Å². The molecule has 0 aliphatic heterocycles. The summed E-state index contributed by atoms with van der Waals surface area (Å²) in [6.07, 6.45) is 8.97. The van der Waals surface area contributed by atoms with Gasteiger partial charge in [0.05, 0.1) is 0 Å². The van der Waals surface area contributed by atoms with Crippen LogP contribution in [0.4, 0.5) is 0 Å². The summed E-state index contributed by atoms with van der Waals surface area (Å²) in [7, 11) is 0. The van der Waals surface area contributed by atoms with Crippen LogP contribution in [0, 0.1) is 11.8 Å². The molecule has 0 radical (unpaired) electrons. The Hall–Kier alpha value is -2.10. The van der Waals surface area contributed by atoms with E-state index in [-0.39, 0.29) is 11.9 Å². The SMILES string of the molecule is C=CCc1ccc(OC(=O)CCCCC(C)C)c(OC(=O)CCCCC(C)C)c1. The number of carbonyl (C=O) groups is 2. The van der Waals surface area contributed by atoms with E-state index in [2.05, 4.69) is 34.3 Å². The van der Waals surface area contributed by atoms with Crippen LogP contribution in [-0.4, -0.2) is 11.9 Å². The fourth-order valence-electron chi connectivity index (χ4n) is 3.00. The number of benzene rings is 1. The first-order valence-corrected chi connectivity index (χ1v) is 11.0. The highest BCUT2D eigenvalue weighted by Gasteiger charge is 2.15. The highest BCUT2D eigenvalue weighted by Crippen LogP contribution is 2.30. The molecule has 0 fully saturated rings. The first kappa shape index (κ1) is 24.9. The molecule has 0 amide bonds. The van der Waals surface area contributed by atoms with Crippen molar-refractivity contribution in [3.05, 3.63) is 36.4 Å². The van der Waals surface area contributed by atoms with Crippen molar-refractivity contribution in [1.82, 2.24) is 0 Å². The second kappa shape index (κ2) is 14.0. The van der Waals surface area contributed by atoms with Gasteiger partial charge in [-0.15, -0.1) is 6.58 Å². The molecular formula is C25H38O4. The number of hydrogen-bond acceptors (Lipinski definition) is 4. The van der Waals surface area contributed by atoms with Gasteiger partial charge in [-0.25, -0.2) is 0 Å². The van der Waals surface area contributed by atoms with E-state index in [0.29, 0.717) is 42.6 Å². The first-order valence-electron chi connectivity index (χ1n) is 11.0. The number of hydrogen-bond donors (Lipinski definition) is 0. The summed E-state index contributed by atoms with van der Waals surface area (Å²) in [6.45, 7) is 12.4. The molecule has 0 atom stereocenters. The van der Waals surface area contributed by atoms with Gasteiger partial charge in [0.15, 0.2) is 11.5 Å². The summed E-state index contributed by atoms with van der Waals surface area (Å²) in [5.41, 5.74) is 0.958. The summed E-state index contributed by atoms with van der Waals surface area (Å²) in [5.74, 6) is 1.30. The Morgan fingerprint density at radius 1 is 0.862 bits per heavy atom. The molecule has 0 saturated carbocycles. The van der Waals surface area contributed by atoms with Crippen LogP contribution in [0.1, 0.15) is 84.6 Å². The van der Waals surface area contributed by atoms with E-state index in [4.69, 9.17) is 9.47 Å². The lowest BCUT2D eigenvalue weighted by Gasteiger charge is -2.12. The monoisotopic (exact) mass is 402 g/mol. The summed E-state index contributed by atoms with van der Waals surface area (Å²) in [6, 6.07) is 5.32. The lowest BCUT2D eigenvalue weighted by molar-refractivity contribution is -0.137. The number of ether oxygens (including phenoxy) is 2. The van der Waals surface area contributed by atoms with Crippen molar-refractivity contribution < 1.29 is 19.1 Å². The molecule has 1 rings (SSSR count). The Morgan fingerprint density at radius 3 is 1.86 bits per heavy atom. The number of rotatable bonds is 14. The zero-order valence-corrected chi connectivity index (χ0v) is 18.7. The number of esters is 2. The lowest BCUT2D eigenvalue weighted by atomic mass is 10.1. The Bertz CT molecular complexity index is 646. The Kier molecular flexibility index (Phi) is 12.0. The van der Waals surface area contributed by atoms with Crippen LogP contribution in [0.3, 0.4) is 0 Å². The van der Waals surface area contributed by atoms with Crippen LogP contribution in [0.15, 0.2) is 30.9 Å². The lowest BCUT2D eigenvalue weighted by Crippen LogP contribution is -2.12. The van der Waals surface area contributed by atoms with Crippen LogP contribution < -0.4 is 9.47 Å². The third-order valence-corrected chi connectivity index (χ3v) is 4.66. The number of unbranched alkanes of at least 4 members (excludes halogenated alkanes) is 2. The molecule has 0 spiro atoms. The minimum Gasteiger partial charge on any atom is -0.423 e. The van der Waals surface area contributed by atoms with Crippen molar-refractivity contribution in [2.45, 2.75) is 85.5 Å². The second-order valence-electron chi connectivity index (χ2n) is 8.50. The zero-order valence-electron chi connectivity index (χ0n) is 18.7. The molecule has 0 unspecified atom stereocenters. The Labute approximate surface area is 176 Å². The zero-order chi connectivity index (χ0) is 21.6. The maximum Gasteiger partial charge on any atom is 0.311 e. The topological polar surface area (TPSA) is 52.6 Å². The molecule has 0 aliphatic rings. The van der Waals surface area contributed by atoms with Crippen molar-refractivity contribution in [2.75, 3.05) is 0 Å². The molecule has 0 aliphatic carbocycles. The fourth-order valence-corrected chi connectivity index (χ4v) is 3.00. The van der Waals surface area contributed by atoms with Gasteiger partial charge in [0.25, 0.3) is 0 Å². The number of allylic oxidation sites excluding steroid dienone is 1. The van der Waals surface area contributed by atoms with E-state index >= 15 is 0 Å². The van der Waals surface area contributed by atoms with Gasteiger partial charge in [-0.2, -0.15) is 0 Å². The van der Waals surface area contributed by atoms with Gasteiger partial charge < -0.3 is 9.47 Å². The average Bonchev–Trinajstić information content (AvgIpc) is 2.64. The molecule has 0 N–H and O–H groups in total. The predicted octanol–water partition coefficient (Wildman–Crippen LogP) is 6.66. The highest BCUT2D eigenvalue weighted by molar-refractivity contribution is 5.76. The van der Waals surface area contributed by atoms with Crippen LogP contribution in [-0.2, 0) is 16.0 Å². The smallest absolute Gasteiger partial charge is 0.311 e. The first-order chi connectivity index (χ1) is 13.8. The molecule has 0 bridgehead atoms. The predicted molar refractivity (Wildman–Crippen MR) is 118 cm³/mol. The molecule has 1 aromatic rings. The third-order valence-electron chi connectivity index (χ3n) is 4.66. The molecule has 0 saturated heterocycles. The Balaban J connectivity index is 2.67. The molecule has 0 aromatic heterocycles. The van der Waals surface area contributed by atoms with Gasteiger partial charge in [-0.3, -0.25) is 9.59 Å². The minimum absolute atomic E-state index is 0.292. The Morgan fingerprint density at radius 2 is 1.38 bits per heavy atom. The summed E-state index contributed by atoms with van der Waals surface area (Å²) in [5, 5.41) is 0. The van der Waals surface area contributed by atoms with Gasteiger partial charge in [-0.05, 0) is 48.8 Å². The second-order valence-corrected chi connectivity index (χ2v) is 8.50. The van der Waals surface area contributed by atoms with Gasteiger partial charge >= 0.3 is 11.9 Å². The molecular weight excluding hydrogens is 364 g/mol. The minimum atomic E-state index is -0.293. The van der Waals surface area contributed by atoms with Crippen molar-refractivity contribution >= 4 is 11.9 Å². The third kappa shape index (κ3) is 11.5. The van der Waals surface area contributed by atoms with Gasteiger partial charge in [0.1, 0.15) is 0 Å². The van der Waals surface area contributed by atoms with Gasteiger partial charge in [0, 0.05) is 12.8 Å². The average molecular weight is 403 g/mol. The molecule has 4 heteroatoms. The van der Waals surface area contributed by atoms with E-state index in [1.165, 1.54) is 0 Å². The van der Waals surface area contributed by atoms with E-state index in [1.807, 2.05) is 6.07 Å². The van der Waals surface area contributed by atoms with Crippen LogP contribution in [0.25, 0.3) is 0 Å². The van der Waals surface area contributed by atoms with Crippen molar-refractivity contribution in [1.29, 1.82) is 0 Å². The van der Waals surface area contributed by atoms with E-state index in [0.717, 1.165) is 44.1 Å². The van der Waals surface area contributed by atoms with E-state index in [9.17, 15) is 9.59 Å². The van der Waals surface area contributed by atoms with Crippen molar-refractivity contribution in [3.63, 3.8) is 0 Å². The largest absolute Gasteiger partial charge is 0.423 e. The molecule has 162 valence electrons. The van der Waals surface area contributed by atoms with Crippen LogP contribution in [0.2, 0.25) is 0 Å². The van der Waals surface area contributed by atoms with E-state index < -0.39 is 0 Å². The van der Waals surface area contributed by atoms with Crippen molar-refractivity contribution in [3.8, 4) is 11.5 Å². The van der Waals surface area contributed by atoms with Gasteiger partial charge in [-0.1, -0.05) is 65.5 Å². The van der Waals surface area contributed by atoms with E-state index in [1.54, 1.807) is 18.2 Å². The van der Waals surface area contributed by atoms with Crippen molar-refractivity contribution in [2.24, 2.45) is 11.8 Å². The van der Waals surface area contributed by atoms with Crippen LogP contribution in [0.5, 0.6) is 11.5 Å².